The summed E-state index contributed by atoms with van der Waals surface area (Å²) in [4.78, 5) is 28.5. The molecule has 1 aliphatic rings. The molecule has 1 atom stereocenters. The van der Waals surface area contributed by atoms with Gasteiger partial charge in [-0.25, -0.2) is 4.79 Å². The van der Waals surface area contributed by atoms with Crippen molar-refractivity contribution in [1.82, 2.24) is 14.7 Å². The molecule has 6 nitrogen and oxygen atoms in total. The van der Waals surface area contributed by atoms with Crippen molar-refractivity contribution in [2.75, 3.05) is 39.8 Å². The first-order valence-corrected chi connectivity index (χ1v) is 6.41. The molecule has 1 fully saturated rings. The number of amides is 2. The molecule has 0 radical (unpaired) electrons. The quantitative estimate of drug-likeness (QED) is 0.798. The van der Waals surface area contributed by atoms with E-state index in [9.17, 15) is 9.59 Å². The van der Waals surface area contributed by atoms with Gasteiger partial charge in [0.05, 0.1) is 6.42 Å². The van der Waals surface area contributed by atoms with Crippen molar-refractivity contribution in [3.8, 4) is 0 Å². The van der Waals surface area contributed by atoms with Crippen LogP contribution in [-0.2, 0) is 4.79 Å². The van der Waals surface area contributed by atoms with Crippen LogP contribution in [0.25, 0.3) is 0 Å². The maximum absolute atomic E-state index is 12.3. The van der Waals surface area contributed by atoms with Crippen molar-refractivity contribution < 1.29 is 14.7 Å². The SMILES string of the molecule is CCN(CCC(=O)O)C(=O)N1CCN(C)CC1C. The van der Waals surface area contributed by atoms with Crippen molar-refractivity contribution >= 4 is 12.0 Å². The summed E-state index contributed by atoms with van der Waals surface area (Å²) in [5.41, 5.74) is 0. The highest BCUT2D eigenvalue weighted by molar-refractivity contribution is 5.76. The molecule has 0 aliphatic carbocycles. The lowest BCUT2D eigenvalue weighted by Gasteiger charge is -2.40. The van der Waals surface area contributed by atoms with Gasteiger partial charge in [0, 0.05) is 38.8 Å². The standard InChI is InChI=1S/C12H23N3O3/c1-4-14(6-5-11(16)17)12(18)15-8-7-13(3)9-10(15)2/h10H,4-9H2,1-3H3,(H,16,17). The molecule has 1 unspecified atom stereocenters. The van der Waals surface area contributed by atoms with Crippen molar-refractivity contribution in [2.45, 2.75) is 26.3 Å². The molecule has 1 N–H and O–H groups in total. The van der Waals surface area contributed by atoms with Crippen molar-refractivity contribution in [3.63, 3.8) is 0 Å². The number of carbonyl (C=O) groups excluding carboxylic acids is 1. The van der Waals surface area contributed by atoms with Crippen LogP contribution in [0.2, 0.25) is 0 Å². The van der Waals surface area contributed by atoms with Gasteiger partial charge in [-0.1, -0.05) is 0 Å². The Balaban J connectivity index is 2.57. The Kier molecular flexibility index (Phi) is 5.40. The van der Waals surface area contributed by atoms with E-state index in [1.165, 1.54) is 0 Å². The molecule has 0 bridgehead atoms. The summed E-state index contributed by atoms with van der Waals surface area (Å²) in [5, 5.41) is 8.68. The molecule has 0 aromatic heterocycles. The Labute approximate surface area is 108 Å². The highest BCUT2D eigenvalue weighted by Gasteiger charge is 2.28. The average Bonchev–Trinajstić information content (AvgIpc) is 2.29. The van der Waals surface area contributed by atoms with E-state index in [-0.39, 0.29) is 25.0 Å². The lowest BCUT2D eigenvalue weighted by Crippen LogP contribution is -2.56. The molecule has 0 spiro atoms. The Morgan fingerprint density at radius 3 is 2.56 bits per heavy atom. The summed E-state index contributed by atoms with van der Waals surface area (Å²) in [6.45, 7) is 7.17. The highest BCUT2D eigenvalue weighted by Crippen LogP contribution is 2.11. The number of rotatable bonds is 4. The van der Waals surface area contributed by atoms with Gasteiger partial charge in [0.1, 0.15) is 0 Å². The van der Waals surface area contributed by atoms with Gasteiger partial charge in [-0.05, 0) is 20.9 Å². The second kappa shape index (κ2) is 6.58. The minimum absolute atomic E-state index is 0.00169. The summed E-state index contributed by atoms with van der Waals surface area (Å²) in [6, 6.07) is 0.134. The minimum Gasteiger partial charge on any atom is -0.481 e. The maximum Gasteiger partial charge on any atom is 0.320 e. The van der Waals surface area contributed by atoms with Gasteiger partial charge in [-0.2, -0.15) is 0 Å². The van der Waals surface area contributed by atoms with Gasteiger partial charge in [-0.3, -0.25) is 4.79 Å². The van der Waals surface area contributed by atoms with Crippen molar-refractivity contribution in [2.24, 2.45) is 0 Å². The van der Waals surface area contributed by atoms with Gasteiger partial charge in [-0.15, -0.1) is 0 Å². The van der Waals surface area contributed by atoms with Crippen LogP contribution in [0.1, 0.15) is 20.3 Å². The van der Waals surface area contributed by atoms with E-state index in [2.05, 4.69) is 4.90 Å². The number of carbonyl (C=O) groups is 2. The fourth-order valence-electron chi connectivity index (χ4n) is 2.23. The van der Waals surface area contributed by atoms with Crippen LogP contribution >= 0.6 is 0 Å². The lowest BCUT2D eigenvalue weighted by molar-refractivity contribution is -0.137. The molecule has 0 aromatic carbocycles. The zero-order valence-electron chi connectivity index (χ0n) is 11.4. The number of carboxylic acids is 1. The molecule has 1 rings (SSSR count). The molecule has 1 heterocycles. The van der Waals surface area contributed by atoms with E-state index >= 15 is 0 Å². The van der Waals surface area contributed by atoms with E-state index in [1.54, 1.807) is 4.90 Å². The molecule has 1 aliphatic heterocycles. The van der Waals surface area contributed by atoms with Crippen LogP contribution in [0.3, 0.4) is 0 Å². The Bertz CT molecular complexity index is 309. The normalized spacial score (nSPS) is 20.8. The van der Waals surface area contributed by atoms with Crippen LogP contribution in [-0.4, -0.2) is 77.6 Å². The molecule has 6 heteroatoms. The second-order valence-electron chi connectivity index (χ2n) is 4.81. The fraction of sp³-hybridized carbons (Fsp3) is 0.833. The number of likely N-dealkylation sites (N-methyl/N-ethyl adjacent to an activating group) is 1. The monoisotopic (exact) mass is 257 g/mol. The van der Waals surface area contributed by atoms with Crippen LogP contribution in [0.15, 0.2) is 0 Å². The lowest BCUT2D eigenvalue weighted by atomic mass is 10.2. The van der Waals surface area contributed by atoms with Gasteiger partial charge in [0.2, 0.25) is 0 Å². The number of piperazine rings is 1. The number of hydrogen-bond donors (Lipinski definition) is 1. The van der Waals surface area contributed by atoms with Crippen LogP contribution in [0.4, 0.5) is 4.79 Å². The van der Waals surface area contributed by atoms with Crippen molar-refractivity contribution in [3.05, 3.63) is 0 Å². The number of hydrogen-bond acceptors (Lipinski definition) is 3. The zero-order valence-corrected chi connectivity index (χ0v) is 11.4. The first-order chi connectivity index (χ1) is 8.45. The first-order valence-electron chi connectivity index (χ1n) is 6.41. The molecule has 1 saturated heterocycles. The minimum atomic E-state index is -0.868. The third kappa shape index (κ3) is 3.87. The maximum atomic E-state index is 12.3. The molecule has 0 saturated carbocycles. The zero-order chi connectivity index (χ0) is 13.7. The predicted octanol–water partition coefficient (Wildman–Crippen LogP) is 0.539. The molecular formula is C12H23N3O3. The molecular weight excluding hydrogens is 234 g/mol. The third-order valence-electron chi connectivity index (χ3n) is 3.32. The summed E-state index contributed by atoms with van der Waals surface area (Å²) in [5.74, 6) is -0.868. The Morgan fingerprint density at radius 1 is 1.39 bits per heavy atom. The Hall–Kier alpha value is -1.30. The summed E-state index contributed by atoms with van der Waals surface area (Å²) < 4.78 is 0. The van der Waals surface area contributed by atoms with E-state index in [0.717, 1.165) is 13.1 Å². The average molecular weight is 257 g/mol. The summed E-state index contributed by atoms with van der Waals surface area (Å²) >= 11 is 0. The summed E-state index contributed by atoms with van der Waals surface area (Å²) in [6.07, 6.45) is 0.00169. The first kappa shape index (κ1) is 14.8. The number of aliphatic carboxylic acids is 1. The van der Waals surface area contributed by atoms with Crippen LogP contribution in [0, 0.1) is 0 Å². The van der Waals surface area contributed by atoms with Gasteiger partial charge >= 0.3 is 12.0 Å². The van der Waals surface area contributed by atoms with E-state index in [1.807, 2.05) is 25.8 Å². The number of carboxylic acid groups (broad SMARTS) is 1. The molecule has 18 heavy (non-hydrogen) atoms. The van der Waals surface area contributed by atoms with Crippen LogP contribution in [0.5, 0.6) is 0 Å². The van der Waals surface area contributed by atoms with Crippen molar-refractivity contribution in [1.29, 1.82) is 0 Å². The molecule has 2 amide bonds. The predicted molar refractivity (Wildman–Crippen MR) is 68.6 cm³/mol. The highest BCUT2D eigenvalue weighted by atomic mass is 16.4. The van der Waals surface area contributed by atoms with E-state index in [4.69, 9.17) is 5.11 Å². The van der Waals surface area contributed by atoms with E-state index < -0.39 is 5.97 Å². The second-order valence-corrected chi connectivity index (χ2v) is 4.81. The van der Waals surface area contributed by atoms with Crippen LogP contribution < -0.4 is 0 Å². The largest absolute Gasteiger partial charge is 0.481 e. The van der Waals surface area contributed by atoms with Gasteiger partial charge < -0.3 is 19.8 Å². The van der Waals surface area contributed by atoms with Gasteiger partial charge in [0.15, 0.2) is 0 Å². The summed E-state index contributed by atoms with van der Waals surface area (Å²) in [7, 11) is 2.04. The number of urea groups is 1. The fourth-order valence-corrected chi connectivity index (χ4v) is 2.23. The Morgan fingerprint density at radius 2 is 2.06 bits per heavy atom. The van der Waals surface area contributed by atoms with Gasteiger partial charge in [0.25, 0.3) is 0 Å². The topological polar surface area (TPSA) is 64.1 Å². The molecule has 104 valence electrons. The van der Waals surface area contributed by atoms with E-state index in [0.29, 0.717) is 13.1 Å². The number of nitrogens with zero attached hydrogens (tertiary/aromatic N) is 3. The smallest absolute Gasteiger partial charge is 0.320 e. The molecule has 0 aromatic rings. The third-order valence-corrected chi connectivity index (χ3v) is 3.32.